The van der Waals surface area contributed by atoms with Gasteiger partial charge in [0.05, 0.1) is 6.61 Å². The van der Waals surface area contributed by atoms with Gasteiger partial charge in [-0.3, -0.25) is 9.59 Å². The molecule has 0 bridgehead atoms. The zero-order valence-electron chi connectivity index (χ0n) is 22.4. The van der Waals surface area contributed by atoms with E-state index in [0.29, 0.717) is 17.7 Å². The Morgan fingerprint density at radius 2 is 1.06 bits per heavy atom. The standard InChI is InChI=1S/C31H38N2O3/c1-8-36-26-19-13-21(14-20-26)27(32-28(34)22-9-15-24(16-10-22)30(2,3)4)33-29(35)23-11-17-25(18-12-23)31(5,6)7/h9-20,27H,8H2,1-7H3,(H,32,34)(H,33,35). The summed E-state index contributed by atoms with van der Waals surface area (Å²) in [6.45, 7) is 15.3. The fraction of sp³-hybridized carbons (Fsp3) is 0.355. The topological polar surface area (TPSA) is 67.4 Å². The molecule has 0 saturated heterocycles. The average molecular weight is 487 g/mol. The van der Waals surface area contributed by atoms with E-state index in [1.807, 2.05) is 79.7 Å². The van der Waals surface area contributed by atoms with Crippen LogP contribution in [0.15, 0.2) is 72.8 Å². The molecule has 190 valence electrons. The number of benzene rings is 3. The molecule has 36 heavy (non-hydrogen) atoms. The van der Waals surface area contributed by atoms with Gasteiger partial charge < -0.3 is 15.4 Å². The minimum Gasteiger partial charge on any atom is -0.494 e. The summed E-state index contributed by atoms with van der Waals surface area (Å²) in [5.74, 6) is 0.198. The molecule has 5 nitrogen and oxygen atoms in total. The zero-order valence-corrected chi connectivity index (χ0v) is 22.4. The Hall–Kier alpha value is -3.60. The van der Waals surface area contributed by atoms with Crippen LogP contribution in [0.25, 0.3) is 0 Å². The van der Waals surface area contributed by atoms with Crippen molar-refractivity contribution < 1.29 is 14.3 Å². The van der Waals surface area contributed by atoms with Crippen molar-refractivity contribution in [2.75, 3.05) is 6.61 Å². The van der Waals surface area contributed by atoms with E-state index in [1.165, 1.54) is 0 Å². The largest absolute Gasteiger partial charge is 0.494 e. The van der Waals surface area contributed by atoms with E-state index in [4.69, 9.17) is 4.74 Å². The summed E-state index contributed by atoms with van der Waals surface area (Å²) in [6, 6.07) is 22.5. The zero-order chi connectivity index (χ0) is 26.5. The number of hydrogen-bond acceptors (Lipinski definition) is 3. The lowest BCUT2D eigenvalue weighted by Crippen LogP contribution is -2.41. The molecular formula is C31H38N2O3. The summed E-state index contributed by atoms with van der Waals surface area (Å²) in [6.07, 6.45) is -0.717. The highest BCUT2D eigenvalue weighted by atomic mass is 16.5. The van der Waals surface area contributed by atoms with E-state index < -0.39 is 6.17 Å². The highest BCUT2D eigenvalue weighted by Crippen LogP contribution is 2.24. The van der Waals surface area contributed by atoms with Crippen LogP contribution in [-0.4, -0.2) is 18.4 Å². The monoisotopic (exact) mass is 486 g/mol. The van der Waals surface area contributed by atoms with E-state index in [2.05, 4.69) is 52.2 Å². The first-order chi connectivity index (χ1) is 16.9. The maximum Gasteiger partial charge on any atom is 0.253 e. The molecule has 0 spiro atoms. The van der Waals surface area contributed by atoms with E-state index in [0.717, 1.165) is 22.4 Å². The predicted molar refractivity (Wildman–Crippen MR) is 146 cm³/mol. The van der Waals surface area contributed by atoms with E-state index in [1.54, 1.807) is 0 Å². The fourth-order valence-corrected chi connectivity index (χ4v) is 3.80. The molecule has 3 aromatic rings. The van der Waals surface area contributed by atoms with Crippen molar-refractivity contribution in [1.29, 1.82) is 0 Å². The van der Waals surface area contributed by atoms with Crippen LogP contribution >= 0.6 is 0 Å². The average Bonchev–Trinajstić information content (AvgIpc) is 2.83. The molecule has 0 fully saturated rings. The van der Waals surface area contributed by atoms with E-state index in [9.17, 15) is 9.59 Å². The van der Waals surface area contributed by atoms with Crippen LogP contribution in [0.1, 0.15) is 92.0 Å². The first-order valence-electron chi connectivity index (χ1n) is 12.4. The molecule has 0 aliphatic heterocycles. The molecule has 2 amide bonds. The predicted octanol–water partition coefficient (Wildman–Crippen LogP) is 6.54. The summed E-state index contributed by atoms with van der Waals surface area (Å²) in [5, 5.41) is 5.97. The van der Waals surface area contributed by atoms with Gasteiger partial charge >= 0.3 is 0 Å². The molecule has 0 aliphatic carbocycles. The van der Waals surface area contributed by atoms with Gasteiger partial charge in [-0.15, -0.1) is 0 Å². The highest BCUT2D eigenvalue weighted by Gasteiger charge is 2.21. The number of ether oxygens (including phenoxy) is 1. The number of rotatable bonds is 7. The number of nitrogens with one attached hydrogen (secondary N) is 2. The molecule has 0 saturated carbocycles. The van der Waals surface area contributed by atoms with Crippen LogP contribution in [0.3, 0.4) is 0 Å². The molecule has 0 aromatic heterocycles. The first kappa shape index (κ1) is 27.0. The Morgan fingerprint density at radius 3 is 1.39 bits per heavy atom. The maximum absolute atomic E-state index is 13.1. The lowest BCUT2D eigenvalue weighted by Gasteiger charge is -2.23. The maximum atomic E-state index is 13.1. The third kappa shape index (κ3) is 6.97. The van der Waals surface area contributed by atoms with Crippen molar-refractivity contribution in [2.45, 2.75) is 65.5 Å². The quantitative estimate of drug-likeness (QED) is 0.373. The van der Waals surface area contributed by atoms with Gasteiger partial charge in [0.2, 0.25) is 0 Å². The summed E-state index contributed by atoms with van der Waals surface area (Å²) in [5.41, 5.74) is 4.10. The summed E-state index contributed by atoms with van der Waals surface area (Å²) >= 11 is 0. The van der Waals surface area contributed by atoms with Crippen LogP contribution in [0.5, 0.6) is 5.75 Å². The third-order valence-electron chi connectivity index (χ3n) is 6.10. The van der Waals surface area contributed by atoms with E-state index >= 15 is 0 Å². The van der Waals surface area contributed by atoms with Crippen molar-refractivity contribution in [3.63, 3.8) is 0 Å². The van der Waals surface area contributed by atoms with Gasteiger partial charge in [0, 0.05) is 11.1 Å². The molecule has 3 aromatic carbocycles. The lowest BCUT2D eigenvalue weighted by atomic mass is 9.86. The second-order valence-electron chi connectivity index (χ2n) is 11.0. The molecule has 0 heterocycles. The second-order valence-corrected chi connectivity index (χ2v) is 11.0. The van der Waals surface area contributed by atoms with Crippen LogP contribution in [-0.2, 0) is 10.8 Å². The minimum atomic E-state index is -0.717. The third-order valence-corrected chi connectivity index (χ3v) is 6.10. The summed E-state index contributed by atoms with van der Waals surface area (Å²) in [7, 11) is 0. The van der Waals surface area contributed by atoms with Crippen LogP contribution < -0.4 is 15.4 Å². The van der Waals surface area contributed by atoms with Gasteiger partial charge in [0.25, 0.3) is 11.8 Å². The van der Waals surface area contributed by atoms with Gasteiger partial charge in [0.15, 0.2) is 0 Å². The van der Waals surface area contributed by atoms with Crippen molar-refractivity contribution >= 4 is 11.8 Å². The van der Waals surface area contributed by atoms with Gasteiger partial charge in [-0.2, -0.15) is 0 Å². The molecular weight excluding hydrogens is 448 g/mol. The Morgan fingerprint density at radius 1 is 0.667 bits per heavy atom. The van der Waals surface area contributed by atoms with Gasteiger partial charge in [-0.1, -0.05) is 77.9 Å². The number of hydrogen-bond donors (Lipinski definition) is 2. The molecule has 5 heteroatoms. The van der Waals surface area contributed by atoms with Crippen LogP contribution in [0.2, 0.25) is 0 Å². The lowest BCUT2D eigenvalue weighted by molar-refractivity contribution is 0.0883. The first-order valence-corrected chi connectivity index (χ1v) is 12.4. The molecule has 2 N–H and O–H groups in total. The molecule has 0 unspecified atom stereocenters. The summed E-state index contributed by atoms with van der Waals surface area (Å²) in [4.78, 5) is 26.3. The number of carbonyl (C=O) groups is 2. The SMILES string of the molecule is CCOc1ccc(C(NC(=O)c2ccc(C(C)(C)C)cc2)NC(=O)c2ccc(C(C)(C)C)cc2)cc1. The van der Waals surface area contributed by atoms with Crippen molar-refractivity contribution in [1.82, 2.24) is 10.6 Å². The van der Waals surface area contributed by atoms with Crippen molar-refractivity contribution in [3.05, 3.63) is 101 Å². The van der Waals surface area contributed by atoms with Gasteiger partial charge in [-0.05, 0) is 70.8 Å². The Bertz CT molecular complexity index is 1100. The van der Waals surface area contributed by atoms with Crippen molar-refractivity contribution in [2.24, 2.45) is 0 Å². The Balaban J connectivity index is 1.84. The Kier molecular flexibility index (Phi) is 8.24. The normalized spacial score (nSPS) is 11.8. The smallest absolute Gasteiger partial charge is 0.253 e. The molecule has 0 atom stereocenters. The second kappa shape index (κ2) is 11.0. The van der Waals surface area contributed by atoms with Gasteiger partial charge in [-0.25, -0.2) is 0 Å². The van der Waals surface area contributed by atoms with Crippen molar-refractivity contribution in [3.8, 4) is 5.75 Å². The fourth-order valence-electron chi connectivity index (χ4n) is 3.80. The Labute approximate surface area is 215 Å². The molecule has 3 rings (SSSR count). The van der Waals surface area contributed by atoms with Crippen LogP contribution in [0, 0.1) is 0 Å². The number of carbonyl (C=O) groups excluding carboxylic acids is 2. The van der Waals surface area contributed by atoms with Crippen LogP contribution in [0.4, 0.5) is 0 Å². The van der Waals surface area contributed by atoms with Gasteiger partial charge in [0.1, 0.15) is 11.9 Å². The molecule has 0 aliphatic rings. The van der Waals surface area contributed by atoms with E-state index in [-0.39, 0.29) is 22.6 Å². The number of amides is 2. The minimum absolute atomic E-state index is 0.00361. The molecule has 0 radical (unpaired) electrons. The highest BCUT2D eigenvalue weighted by molar-refractivity contribution is 5.97. The summed E-state index contributed by atoms with van der Waals surface area (Å²) < 4.78 is 5.54.